The molecule has 0 unspecified atom stereocenters. The Hall–Kier alpha value is -4.22. The second-order valence-corrected chi connectivity index (χ2v) is 9.21. The van der Waals surface area contributed by atoms with E-state index in [4.69, 9.17) is 8.83 Å². The molecule has 156 valence electrons. The summed E-state index contributed by atoms with van der Waals surface area (Å²) >= 11 is 1.48. The smallest absolute Gasteiger partial charge is 0.197 e. The lowest BCUT2D eigenvalue weighted by Crippen LogP contribution is -1.99. The van der Waals surface area contributed by atoms with E-state index in [-0.39, 0.29) is 17.1 Å². The van der Waals surface area contributed by atoms with Crippen LogP contribution in [0.3, 0.4) is 0 Å². The summed E-state index contributed by atoms with van der Waals surface area (Å²) in [6, 6.07) is 24.9. The summed E-state index contributed by atoms with van der Waals surface area (Å²) in [4.78, 5) is 26.8. The summed E-state index contributed by atoms with van der Waals surface area (Å²) in [5.74, 6) is 0.865. The van der Waals surface area contributed by atoms with Crippen LogP contribution in [0, 0.1) is 0 Å². The minimum atomic E-state index is -0.228. The molecule has 0 bridgehead atoms. The highest BCUT2D eigenvalue weighted by Crippen LogP contribution is 2.38. The van der Waals surface area contributed by atoms with Gasteiger partial charge in [-0.05, 0) is 47.2 Å². The Morgan fingerprint density at radius 3 is 1.91 bits per heavy atom. The van der Waals surface area contributed by atoms with Gasteiger partial charge in [0, 0.05) is 27.5 Å². The summed E-state index contributed by atoms with van der Waals surface area (Å²) in [6.45, 7) is 0. The number of hydrogen-bond acceptors (Lipinski definition) is 5. The van der Waals surface area contributed by atoms with Crippen LogP contribution in [0.25, 0.3) is 49.6 Å². The van der Waals surface area contributed by atoms with Crippen LogP contribution in [0.15, 0.2) is 93.3 Å². The standard InChI is InChI=1S/C28H14O4S/c29-27-19-9-15-5-1-2-6-16(15)10-20(19)28(30)21(27)12-18-13-25-26(33-18)14-24(32-25)23-11-17-7-3-4-8-22(17)31-23/h1-14H. The molecule has 0 N–H and O–H groups in total. The third-order valence-corrected chi connectivity index (χ3v) is 7.06. The van der Waals surface area contributed by atoms with Crippen LogP contribution in [0.4, 0.5) is 0 Å². The fraction of sp³-hybridized carbons (Fsp3) is 0. The van der Waals surface area contributed by atoms with Crippen LogP contribution >= 0.6 is 11.3 Å². The molecular formula is C28H14O4S. The van der Waals surface area contributed by atoms with E-state index in [2.05, 4.69) is 0 Å². The number of rotatable bonds is 2. The fourth-order valence-corrected chi connectivity index (χ4v) is 5.40. The van der Waals surface area contributed by atoms with E-state index in [1.54, 1.807) is 6.08 Å². The quantitative estimate of drug-likeness (QED) is 0.204. The highest BCUT2D eigenvalue weighted by molar-refractivity contribution is 7.19. The minimum absolute atomic E-state index is 0.196. The molecule has 0 aliphatic heterocycles. The van der Waals surface area contributed by atoms with Crippen molar-refractivity contribution < 1.29 is 18.4 Å². The molecule has 0 fully saturated rings. The van der Waals surface area contributed by atoms with Gasteiger partial charge in [-0.25, -0.2) is 0 Å². The van der Waals surface area contributed by atoms with Gasteiger partial charge in [0.05, 0.1) is 10.3 Å². The first kappa shape index (κ1) is 18.4. The molecule has 1 aliphatic carbocycles. The number of benzene rings is 3. The zero-order valence-corrected chi connectivity index (χ0v) is 17.9. The van der Waals surface area contributed by atoms with Crippen LogP contribution in [-0.2, 0) is 0 Å². The first-order chi connectivity index (χ1) is 16.1. The normalized spacial score (nSPS) is 13.5. The Morgan fingerprint density at radius 2 is 1.24 bits per heavy atom. The molecule has 3 aromatic heterocycles. The SMILES string of the molecule is O=C1C(=Cc2cc3oc(-c4cc5ccccc5o4)cc3s2)C(=O)c2cc3ccccc3cc21. The van der Waals surface area contributed by atoms with Gasteiger partial charge in [0.2, 0.25) is 0 Å². The molecule has 0 saturated heterocycles. The number of para-hydroxylation sites is 1. The Bertz CT molecular complexity index is 1690. The van der Waals surface area contributed by atoms with Crippen molar-refractivity contribution in [3.05, 3.63) is 100 Å². The van der Waals surface area contributed by atoms with Crippen molar-refractivity contribution in [1.82, 2.24) is 0 Å². The van der Waals surface area contributed by atoms with Crippen molar-refractivity contribution >= 4 is 61.0 Å². The zero-order chi connectivity index (χ0) is 22.1. The second kappa shape index (κ2) is 6.64. The van der Waals surface area contributed by atoms with Crippen molar-refractivity contribution in [2.24, 2.45) is 0 Å². The van der Waals surface area contributed by atoms with Crippen LogP contribution in [0.1, 0.15) is 25.6 Å². The first-order valence-electron chi connectivity index (χ1n) is 10.5. The van der Waals surface area contributed by atoms with Gasteiger partial charge < -0.3 is 8.83 Å². The third-order valence-electron chi connectivity index (χ3n) is 6.05. The molecular weight excluding hydrogens is 432 g/mol. The summed E-state index contributed by atoms with van der Waals surface area (Å²) in [5.41, 5.74) is 2.64. The Morgan fingerprint density at radius 1 is 0.636 bits per heavy atom. The summed E-state index contributed by atoms with van der Waals surface area (Å²) < 4.78 is 12.8. The molecule has 33 heavy (non-hydrogen) atoms. The molecule has 0 radical (unpaired) electrons. The van der Waals surface area contributed by atoms with E-state index in [9.17, 15) is 9.59 Å². The molecule has 7 rings (SSSR count). The van der Waals surface area contributed by atoms with E-state index in [0.717, 1.165) is 31.3 Å². The van der Waals surface area contributed by atoms with Crippen LogP contribution in [0.5, 0.6) is 0 Å². The molecule has 5 heteroatoms. The lowest BCUT2D eigenvalue weighted by molar-refractivity contribution is 0.0990. The van der Waals surface area contributed by atoms with Crippen molar-refractivity contribution in [2.45, 2.75) is 0 Å². The van der Waals surface area contributed by atoms with Crippen molar-refractivity contribution in [2.75, 3.05) is 0 Å². The molecule has 3 heterocycles. The minimum Gasteiger partial charge on any atom is -0.453 e. The van der Waals surface area contributed by atoms with Gasteiger partial charge in [-0.1, -0.05) is 42.5 Å². The number of hydrogen-bond donors (Lipinski definition) is 0. The number of carbonyl (C=O) groups is 2. The molecule has 6 aromatic rings. The van der Waals surface area contributed by atoms with Gasteiger partial charge >= 0.3 is 0 Å². The summed E-state index contributed by atoms with van der Waals surface area (Å²) in [6.07, 6.45) is 1.68. The zero-order valence-electron chi connectivity index (χ0n) is 17.1. The highest BCUT2D eigenvalue weighted by Gasteiger charge is 2.33. The Labute approximate surface area is 191 Å². The monoisotopic (exact) mass is 446 g/mol. The van der Waals surface area contributed by atoms with Gasteiger partial charge in [-0.2, -0.15) is 0 Å². The summed E-state index contributed by atoms with van der Waals surface area (Å²) in [5, 5.41) is 2.92. The van der Waals surface area contributed by atoms with Crippen molar-refractivity contribution in [3.8, 4) is 11.5 Å². The maximum Gasteiger partial charge on any atom is 0.197 e. The highest BCUT2D eigenvalue weighted by atomic mass is 32.1. The number of Topliss-reactive ketones (excluding diaryl/α,β-unsaturated/α-hetero) is 2. The molecule has 0 amide bonds. The van der Waals surface area contributed by atoms with E-state index in [0.29, 0.717) is 28.2 Å². The Balaban J connectivity index is 1.26. The number of allylic oxidation sites excluding steroid dienone is 1. The van der Waals surface area contributed by atoms with Crippen LogP contribution < -0.4 is 0 Å². The number of carbonyl (C=O) groups excluding carboxylic acids is 2. The number of thiophene rings is 1. The molecule has 0 spiro atoms. The maximum atomic E-state index is 13.0. The lowest BCUT2D eigenvalue weighted by Gasteiger charge is -2.00. The fourth-order valence-electron chi connectivity index (χ4n) is 4.43. The molecule has 0 saturated carbocycles. The summed E-state index contributed by atoms with van der Waals surface area (Å²) in [7, 11) is 0. The van der Waals surface area contributed by atoms with E-state index < -0.39 is 0 Å². The topological polar surface area (TPSA) is 60.4 Å². The van der Waals surface area contributed by atoms with Crippen LogP contribution in [-0.4, -0.2) is 11.6 Å². The van der Waals surface area contributed by atoms with E-state index >= 15 is 0 Å². The predicted molar refractivity (Wildman–Crippen MR) is 130 cm³/mol. The average molecular weight is 446 g/mol. The van der Waals surface area contributed by atoms with Gasteiger partial charge in [-0.3, -0.25) is 9.59 Å². The Kier molecular flexibility index (Phi) is 3.69. The van der Waals surface area contributed by atoms with Crippen molar-refractivity contribution in [1.29, 1.82) is 0 Å². The van der Waals surface area contributed by atoms with E-state index in [1.165, 1.54) is 11.3 Å². The average Bonchev–Trinajstić information content (AvgIpc) is 3.57. The predicted octanol–water partition coefficient (Wildman–Crippen LogP) is 7.52. The molecule has 3 aromatic carbocycles. The van der Waals surface area contributed by atoms with Gasteiger partial charge in [0.25, 0.3) is 0 Å². The number of furan rings is 2. The van der Waals surface area contributed by atoms with Crippen molar-refractivity contribution in [3.63, 3.8) is 0 Å². The number of ketones is 2. The largest absolute Gasteiger partial charge is 0.453 e. The van der Waals surface area contributed by atoms with Gasteiger partial charge in [0.1, 0.15) is 11.2 Å². The van der Waals surface area contributed by atoms with Gasteiger partial charge in [0.15, 0.2) is 23.1 Å². The number of fused-ring (bicyclic) bond motifs is 4. The van der Waals surface area contributed by atoms with Crippen LogP contribution in [0.2, 0.25) is 0 Å². The first-order valence-corrected chi connectivity index (χ1v) is 11.3. The second-order valence-electron chi connectivity index (χ2n) is 8.10. The maximum absolute atomic E-state index is 13.0. The molecule has 0 atom stereocenters. The molecule has 1 aliphatic rings. The van der Waals surface area contributed by atoms with E-state index in [1.807, 2.05) is 78.9 Å². The van der Waals surface area contributed by atoms with Gasteiger partial charge in [-0.15, -0.1) is 11.3 Å². The lowest BCUT2D eigenvalue weighted by atomic mass is 10.0. The molecule has 4 nitrogen and oxygen atoms in total. The third kappa shape index (κ3) is 2.76.